The SMILES string of the molecule is CC(C)(C)c1ccc(C(N)CS(C)(=O)=O)s1. The van der Waals surface area contributed by atoms with Gasteiger partial charge in [0.25, 0.3) is 0 Å². The minimum Gasteiger partial charge on any atom is -0.322 e. The summed E-state index contributed by atoms with van der Waals surface area (Å²) in [6.07, 6.45) is 1.21. The normalized spacial score (nSPS) is 15.1. The van der Waals surface area contributed by atoms with E-state index < -0.39 is 15.9 Å². The zero-order chi connectivity index (χ0) is 12.6. The van der Waals surface area contributed by atoms with Crippen molar-refractivity contribution in [2.45, 2.75) is 32.2 Å². The Balaban J connectivity index is 2.87. The molecule has 0 fully saturated rings. The molecule has 0 aliphatic carbocycles. The Morgan fingerprint density at radius 2 is 1.94 bits per heavy atom. The fraction of sp³-hybridized carbons (Fsp3) is 0.636. The molecule has 5 heteroatoms. The van der Waals surface area contributed by atoms with Crippen LogP contribution in [-0.2, 0) is 15.3 Å². The summed E-state index contributed by atoms with van der Waals surface area (Å²) in [7, 11) is -3.02. The number of rotatable bonds is 3. The Morgan fingerprint density at radius 1 is 1.38 bits per heavy atom. The third-order valence-electron chi connectivity index (χ3n) is 2.21. The van der Waals surface area contributed by atoms with Crippen LogP contribution in [0.15, 0.2) is 12.1 Å². The van der Waals surface area contributed by atoms with Crippen molar-refractivity contribution >= 4 is 21.2 Å². The predicted molar refractivity (Wildman–Crippen MR) is 69.7 cm³/mol. The highest BCUT2D eigenvalue weighted by Crippen LogP contribution is 2.31. The molecule has 1 heterocycles. The van der Waals surface area contributed by atoms with E-state index in [9.17, 15) is 8.42 Å². The van der Waals surface area contributed by atoms with Gasteiger partial charge in [0, 0.05) is 16.0 Å². The molecule has 0 aromatic carbocycles. The highest BCUT2D eigenvalue weighted by molar-refractivity contribution is 7.90. The Hall–Kier alpha value is -0.390. The molecule has 1 aromatic heterocycles. The van der Waals surface area contributed by atoms with E-state index in [1.165, 1.54) is 11.1 Å². The van der Waals surface area contributed by atoms with Crippen molar-refractivity contribution < 1.29 is 8.42 Å². The van der Waals surface area contributed by atoms with E-state index in [-0.39, 0.29) is 11.2 Å². The second-order valence-corrected chi connectivity index (χ2v) is 8.45. The fourth-order valence-electron chi connectivity index (χ4n) is 1.36. The second-order valence-electron chi connectivity index (χ2n) is 5.15. The molecule has 0 saturated heterocycles. The minimum absolute atomic E-state index is 0.0110. The number of hydrogen-bond donors (Lipinski definition) is 1. The largest absolute Gasteiger partial charge is 0.322 e. The van der Waals surface area contributed by atoms with Crippen molar-refractivity contribution in [1.82, 2.24) is 0 Å². The summed E-state index contributed by atoms with van der Waals surface area (Å²) in [4.78, 5) is 2.17. The highest BCUT2D eigenvalue weighted by Gasteiger charge is 2.20. The molecule has 0 saturated carbocycles. The third kappa shape index (κ3) is 3.88. The Kier molecular flexibility index (Phi) is 3.82. The van der Waals surface area contributed by atoms with E-state index in [1.54, 1.807) is 11.3 Å². The van der Waals surface area contributed by atoms with Crippen LogP contribution in [0, 0.1) is 0 Å². The summed E-state index contributed by atoms with van der Waals surface area (Å²) in [5, 5.41) is 0. The van der Waals surface area contributed by atoms with Gasteiger partial charge >= 0.3 is 0 Å². The van der Waals surface area contributed by atoms with Crippen molar-refractivity contribution in [1.29, 1.82) is 0 Å². The van der Waals surface area contributed by atoms with Gasteiger partial charge in [-0.05, 0) is 17.5 Å². The predicted octanol–water partition coefficient (Wildman–Crippen LogP) is 2.09. The molecule has 0 amide bonds. The zero-order valence-electron chi connectivity index (χ0n) is 10.1. The molecule has 0 spiro atoms. The maximum Gasteiger partial charge on any atom is 0.149 e. The molecule has 0 aliphatic rings. The van der Waals surface area contributed by atoms with Crippen molar-refractivity contribution in [2.24, 2.45) is 5.73 Å². The van der Waals surface area contributed by atoms with Gasteiger partial charge in [0.1, 0.15) is 9.84 Å². The molecule has 0 radical (unpaired) electrons. The standard InChI is InChI=1S/C11H19NO2S2/c1-11(2,3)10-6-5-9(15-10)8(12)7-16(4,13)14/h5-6,8H,7,12H2,1-4H3. The molecular formula is C11H19NO2S2. The third-order valence-corrected chi connectivity index (χ3v) is 4.82. The summed E-state index contributed by atoms with van der Waals surface area (Å²) < 4.78 is 22.3. The van der Waals surface area contributed by atoms with Crippen LogP contribution in [0.25, 0.3) is 0 Å². The Labute approximate surface area is 102 Å². The molecule has 1 rings (SSSR count). The van der Waals surface area contributed by atoms with Gasteiger partial charge in [-0.2, -0.15) is 0 Å². The number of thiophene rings is 1. The quantitative estimate of drug-likeness (QED) is 0.906. The van der Waals surface area contributed by atoms with Crippen LogP contribution >= 0.6 is 11.3 Å². The first-order valence-electron chi connectivity index (χ1n) is 5.13. The van der Waals surface area contributed by atoms with E-state index in [2.05, 4.69) is 20.8 Å². The topological polar surface area (TPSA) is 60.2 Å². The Bertz CT molecular complexity index is 455. The maximum atomic E-state index is 11.1. The van der Waals surface area contributed by atoms with Crippen LogP contribution in [0.5, 0.6) is 0 Å². The van der Waals surface area contributed by atoms with Gasteiger partial charge in [0.15, 0.2) is 0 Å². The average Bonchev–Trinajstić information content (AvgIpc) is 2.46. The summed E-state index contributed by atoms with van der Waals surface area (Å²) >= 11 is 1.60. The molecule has 92 valence electrons. The molecule has 1 atom stereocenters. The van der Waals surface area contributed by atoms with Gasteiger partial charge < -0.3 is 5.73 Å². The lowest BCUT2D eigenvalue weighted by atomic mass is 9.95. The van der Waals surface area contributed by atoms with Crippen LogP contribution in [0.4, 0.5) is 0 Å². The number of sulfone groups is 1. The van der Waals surface area contributed by atoms with E-state index in [4.69, 9.17) is 5.73 Å². The molecule has 3 nitrogen and oxygen atoms in total. The summed E-state index contributed by atoms with van der Waals surface area (Å²) in [5.41, 5.74) is 5.96. The average molecular weight is 261 g/mol. The van der Waals surface area contributed by atoms with Crippen LogP contribution in [0.1, 0.15) is 36.6 Å². The van der Waals surface area contributed by atoms with E-state index >= 15 is 0 Å². The molecule has 1 unspecified atom stereocenters. The fourth-order valence-corrected chi connectivity index (χ4v) is 3.37. The monoisotopic (exact) mass is 261 g/mol. The van der Waals surface area contributed by atoms with E-state index in [0.29, 0.717) is 0 Å². The van der Waals surface area contributed by atoms with Crippen LogP contribution in [-0.4, -0.2) is 20.4 Å². The van der Waals surface area contributed by atoms with Crippen molar-refractivity contribution in [3.8, 4) is 0 Å². The summed E-state index contributed by atoms with van der Waals surface area (Å²) in [5.74, 6) is 0.0110. The van der Waals surface area contributed by atoms with Gasteiger partial charge in [0.05, 0.1) is 11.8 Å². The lowest BCUT2D eigenvalue weighted by Crippen LogP contribution is -2.19. The maximum absolute atomic E-state index is 11.1. The van der Waals surface area contributed by atoms with Gasteiger partial charge in [-0.3, -0.25) is 0 Å². The first kappa shape index (κ1) is 13.7. The van der Waals surface area contributed by atoms with Crippen molar-refractivity contribution in [2.75, 3.05) is 12.0 Å². The zero-order valence-corrected chi connectivity index (χ0v) is 11.8. The second kappa shape index (κ2) is 4.47. The highest BCUT2D eigenvalue weighted by atomic mass is 32.2. The lowest BCUT2D eigenvalue weighted by Gasteiger charge is -2.15. The van der Waals surface area contributed by atoms with E-state index in [0.717, 1.165) is 4.88 Å². The lowest BCUT2D eigenvalue weighted by molar-refractivity contribution is 0.595. The van der Waals surface area contributed by atoms with Gasteiger partial charge in [0.2, 0.25) is 0 Å². The van der Waals surface area contributed by atoms with E-state index in [1.807, 2.05) is 12.1 Å². The first-order valence-corrected chi connectivity index (χ1v) is 8.01. The smallest absolute Gasteiger partial charge is 0.149 e. The summed E-state index contributed by atoms with van der Waals surface area (Å²) in [6.45, 7) is 6.39. The van der Waals surface area contributed by atoms with Crippen LogP contribution in [0.3, 0.4) is 0 Å². The summed E-state index contributed by atoms with van der Waals surface area (Å²) in [6, 6.07) is 3.56. The first-order chi connectivity index (χ1) is 7.09. The van der Waals surface area contributed by atoms with Crippen molar-refractivity contribution in [3.63, 3.8) is 0 Å². The molecule has 0 aliphatic heterocycles. The van der Waals surface area contributed by atoms with Gasteiger partial charge in [-0.25, -0.2) is 8.42 Å². The Morgan fingerprint density at radius 3 is 2.31 bits per heavy atom. The van der Waals surface area contributed by atoms with Gasteiger partial charge in [-0.15, -0.1) is 11.3 Å². The van der Waals surface area contributed by atoms with Crippen LogP contribution in [0.2, 0.25) is 0 Å². The van der Waals surface area contributed by atoms with Crippen LogP contribution < -0.4 is 5.73 Å². The van der Waals surface area contributed by atoms with Gasteiger partial charge in [-0.1, -0.05) is 20.8 Å². The van der Waals surface area contributed by atoms with Crippen molar-refractivity contribution in [3.05, 3.63) is 21.9 Å². The number of nitrogens with two attached hydrogens (primary N) is 1. The molecule has 1 aromatic rings. The molecule has 2 N–H and O–H groups in total. The molecule has 0 bridgehead atoms. The molecule has 16 heavy (non-hydrogen) atoms. The molecular weight excluding hydrogens is 242 g/mol. The number of hydrogen-bond acceptors (Lipinski definition) is 4. The minimum atomic E-state index is -3.02.